The minimum Gasteiger partial charge on any atom is -0.492 e. The number of fused-ring (bicyclic) bond motifs is 1. The van der Waals surface area contributed by atoms with Crippen LogP contribution in [0.25, 0.3) is 11.1 Å². The lowest BCUT2D eigenvalue weighted by Gasteiger charge is -2.31. The Balaban J connectivity index is 1.62. The molecule has 0 atom stereocenters. The van der Waals surface area contributed by atoms with Gasteiger partial charge in [-0.2, -0.15) is 18.4 Å². The predicted molar refractivity (Wildman–Crippen MR) is 147 cm³/mol. The second-order valence-electron chi connectivity index (χ2n) is 10.0. The van der Waals surface area contributed by atoms with Crippen LogP contribution >= 0.6 is 0 Å². The van der Waals surface area contributed by atoms with Crippen LogP contribution in [0.1, 0.15) is 51.1 Å². The Hall–Kier alpha value is -4.92. The van der Waals surface area contributed by atoms with Gasteiger partial charge in [0.25, 0.3) is 11.5 Å². The zero-order valence-corrected chi connectivity index (χ0v) is 23.2. The first-order valence-corrected chi connectivity index (χ1v) is 13.2. The summed E-state index contributed by atoms with van der Waals surface area (Å²) in [6.45, 7) is 4.58. The van der Waals surface area contributed by atoms with Crippen LogP contribution in [0, 0.1) is 18.3 Å². The van der Waals surface area contributed by atoms with Crippen LogP contribution in [-0.4, -0.2) is 43.1 Å². The molecule has 0 saturated carbocycles. The molecule has 4 heterocycles. The molecule has 5 rings (SSSR count). The molecule has 1 aliphatic rings. The number of aromatic nitrogens is 4. The highest BCUT2D eigenvalue weighted by Crippen LogP contribution is 2.40. The Morgan fingerprint density at radius 3 is 2.50 bits per heavy atom. The summed E-state index contributed by atoms with van der Waals surface area (Å²) in [7, 11) is 1.39. The maximum atomic E-state index is 14.2. The van der Waals surface area contributed by atoms with Crippen LogP contribution in [0.5, 0.6) is 5.75 Å². The van der Waals surface area contributed by atoms with Gasteiger partial charge in [0.15, 0.2) is 0 Å². The number of amides is 1. The average molecular weight is 577 g/mol. The van der Waals surface area contributed by atoms with E-state index in [4.69, 9.17) is 4.74 Å². The maximum absolute atomic E-state index is 14.2. The molecule has 4 aromatic rings. The Kier molecular flexibility index (Phi) is 7.60. The van der Waals surface area contributed by atoms with Crippen molar-refractivity contribution < 1.29 is 22.7 Å². The number of carbonyl (C=O) groups excluding carboxylic acids is 1. The highest BCUT2D eigenvalue weighted by Gasteiger charge is 2.36. The summed E-state index contributed by atoms with van der Waals surface area (Å²) in [6.07, 6.45) is 1.46. The first-order chi connectivity index (χ1) is 20.0. The molecule has 0 fully saturated rings. The van der Waals surface area contributed by atoms with Crippen molar-refractivity contribution in [3.05, 3.63) is 98.7 Å². The van der Waals surface area contributed by atoms with Crippen LogP contribution in [0.3, 0.4) is 0 Å². The Labute approximate surface area is 239 Å². The van der Waals surface area contributed by atoms with Crippen LogP contribution < -0.4 is 10.3 Å². The van der Waals surface area contributed by atoms with E-state index in [-0.39, 0.29) is 54.2 Å². The lowest BCUT2D eigenvalue weighted by Crippen LogP contribution is -2.37. The summed E-state index contributed by atoms with van der Waals surface area (Å²) in [5.41, 5.74) is 0.416. The van der Waals surface area contributed by atoms with Gasteiger partial charge in [0.1, 0.15) is 23.2 Å². The van der Waals surface area contributed by atoms with E-state index >= 15 is 0 Å². The zero-order chi connectivity index (χ0) is 30.2. The van der Waals surface area contributed by atoms with Crippen molar-refractivity contribution in [1.82, 2.24) is 24.0 Å². The van der Waals surface area contributed by atoms with E-state index < -0.39 is 17.3 Å². The Bertz CT molecular complexity index is 1780. The minimum absolute atomic E-state index is 0.123. The summed E-state index contributed by atoms with van der Waals surface area (Å²) in [6, 6.07) is 7.61. The van der Waals surface area contributed by atoms with Gasteiger partial charge in [0.05, 0.1) is 24.4 Å². The summed E-state index contributed by atoms with van der Waals surface area (Å²) >= 11 is 0. The summed E-state index contributed by atoms with van der Waals surface area (Å²) < 4.78 is 51.0. The molecule has 3 aromatic heterocycles. The van der Waals surface area contributed by atoms with E-state index in [2.05, 4.69) is 9.97 Å². The smallest absolute Gasteiger partial charge is 0.417 e. The van der Waals surface area contributed by atoms with E-state index in [1.165, 1.54) is 19.4 Å². The van der Waals surface area contributed by atoms with E-state index in [9.17, 15) is 28.0 Å². The molecule has 9 nitrogen and oxygen atoms in total. The second kappa shape index (κ2) is 11.2. The largest absolute Gasteiger partial charge is 0.492 e. The van der Waals surface area contributed by atoms with Crippen LogP contribution in [-0.2, 0) is 32.7 Å². The molecule has 0 N–H and O–H groups in total. The van der Waals surface area contributed by atoms with E-state index in [1.807, 2.05) is 17.6 Å². The third-order valence-electron chi connectivity index (χ3n) is 7.26. The fourth-order valence-electron chi connectivity index (χ4n) is 5.16. The number of imidazole rings is 1. The Morgan fingerprint density at radius 1 is 1.07 bits per heavy atom. The molecule has 12 heteroatoms. The predicted octanol–water partition coefficient (Wildman–Crippen LogP) is 4.49. The number of rotatable bonds is 7. The quantitative estimate of drug-likeness (QED) is 0.321. The van der Waals surface area contributed by atoms with Gasteiger partial charge < -0.3 is 18.8 Å². The van der Waals surface area contributed by atoms with Gasteiger partial charge in [0, 0.05) is 68.2 Å². The molecule has 0 aliphatic carbocycles. The van der Waals surface area contributed by atoms with Gasteiger partial charge >= 0.3 is 6.18 Å². The number of ether oxygens (including phenoxy) is 1. The number of alkyl halides is 3. The molecule has 0 radical (unpaired) electrons. The summed E-state index contributed by atoms with van der Waals surface area (Å²) in [4.78, 5) is 36.2. The van der Waals surface area contributed by atoms with Crippen molar-refractivity contribution in [2.75, 3.05) is 13.2 Å². The van der Waals surface area contributed by atoms with Gasteiger partial charge in [0.2, 0.25) is 0 Å². The third kappa shape index (κ3) is 5.50. The number of nitrogens with zero attached hydrogens (tertiary/aromatic N) is 6. The SMILES string of the molecule is CCOc1cc(CN2CCc3c(cc(Cn4ccnc4C)cc3-c3cn(C)c(=O)cc3C(F)(F)F)C2=O)ncc1C#N. The normalized spacial score (nSPS) is 13.2. The Morgan fingerprint density at radius 2 is 1.83 bits per heavy atom. The number of pyridine rings is 2. The van der Waals surface area contributed by atoms with Crippen molar-refractivity contribution in [2.24, 2.45) is 7.05 Å². The monoisotopic (exact) mass is 576 g/mol. The van der Waals surface area contributed by atoms with E-state index in [0.29, 0.717) is 41.1 Å². The molecule has 0 unspecified atom stereocenters. The molecule has 0 saturated heterocycles. The number of hydrogen-bond acceptors (Lipinski definition) is 6. The molecule has 1 amide bonds. The van der Waals surface area contributed by atoms with E-state index in [0.717, 1.165) is 4.57 Å². The third-order valence-corrected chi connectivity index (χ3v) is 7.26. The van der Waals surface area contributed by atoms with Crippen LogP contribution in [0.2, 0.25) is 0 Å². The summed E-state index contributed by atoms with van der Waals surface area (Å²) in [5, 5.41) is 9.34. The van der Waals surface area contributed by atoms with Crippen molar-refractivity contribution in [2.45, 2.75) is 39.5 Å². The molecule has 0 bridgehead atoms. The highest BCUT2D eigenvalue weighted by atomic mass is 19.4. The summed E-state index contributed by atoms with van der Waals surface area (Å²) in [5.74, 6) is 0.714. The van der Waals surface area contributed by atoms with Gasteiger partial charge in [-0.05, 0) is 49.1 Å². The number of benzene rings is 1. The topological polar surface area (TPSA) is 106 Å². The first-order valence-electron chi connectivity index (χ1n) is 13.2. The molecule has 42 heavy (non-hydrogen) atoms. The first kappa shape index (κ1) is 28.6. The average Bonchev–Trinajstić information content (AvgIpc) is 3.35. The fraction of sp³-hybridized carbons (Fsp3) is 0.300. The molecule has 1 aliphatic heterocycles. The van der Waals surface area contributed by atoms with Gasteiger partial charge in [-0.1, -0.05) is 0 Å². The standard InChI is InChI=1S/C30H27F3N6O3/c1-4-42-27-11-21(36-14-20(27)13-34)16-39-7-5-22-23(25-17-37(3)28(40)12-26(25)30(31,32)33)9-19(10-24(22)29(39)41)15-38-8-6-35-18(38)2/h6,8-12,14,17H,4-5,7,15-16H2,1-3H3. The van der Waals surface area contributed by atoms with Crippen LogP contribution in [0.4, 0.5) is 13.2 Å². The molecule has 216 valence electrons. The van der Waals surface area contributed by atoms with Crippen molar-refractivity contribution in [3.63, 3.8) is 0 Å². The number of aryl methyl sites for hydroxylation is 2. The zero-order valence-electron chi connectivity index (χ0n) is 23.2. The fourth-order valence-corrected chi connectivity index (χ4v) is 5.16. The number of halogens is 3. The lowest BCUT2D eigenvalue weighted by atomic mass is 9.87. The maximum Gasteiger partial charge on any atom is 0.417 e. The number of nitriles is 1. The van der Waals surface area contributed by atoms with Crippen LogP contribution in [0.15, 0.2) is 53.8 Å². The van der Waals surface area contributed by atoms with Gasteiger partial charge in [-0.3, -0.25) is 14.6 Å². The van der Waals surface area contributed by atoms with Crippen molar-refractivity contribution in [1.29, 1.82) is 5.26 Å². The minimum atomic E-state index is -4.78. The van der Waals surface area contributed by atoms with E-state index in [1.54, 1.807) is 42.4 Å². The molecular weight excluding hydrogens is 549 g/mol. The van der Waals surface area contributed by atoms with Crippen molar-refractivity contribution in [3.8, 4) is 22.9 Å². The molecule has 1 aromatic carbocycles. The number of carbonyl (C=O) groups is 1. The van der Waals surface area contributed by atoms with Gasteiger partial charge in [-0.15, -0.1) is 0 Å². The highest BCUT2D eigenvalue weighted by molar-refractivity contribution is 5.99. The van der Waals surface area contributed by atoms with Gasteiger partial charge in [-0.25, -0.2) is 4.98 Å². The lowest BCUT2D eigenvalue weighted by molar-refractivity contribution is -0.137. The number of hydrogen-bond donors (Lipinski definition) is 0. The second-order valence-corrected chi connectivity index (χ2v) is 10.0. The molecular formula is C30H27F3N6O3. The molecule has 0 spiro atoms. The van der Waals surface area contributed by atoms with Crippen molar-refractivity contribution >= 4 is 5.91 Å².